The van der Waals surface area contributed by atoms with Crippen molar-refractivity contribution in [2.75, 3.05) is 12.4 Å². The van der Waals surface area contributed by atoms with Gasteiger partial charge in [-0.3, -0.25) is 4.21 Å². The van der Waals surface area contributed by atoms with Crippen LogP contribution in [0.2, 0.25) is 5.02 Å². The maximum atomic E-state index is 11.4. The van der Waals surface area contributed by atoms with Crippen LogP contribution in [0.5, 0.6) is 0 Å². The number of aliphatic hydroxyl groups is 1. The summed E-state index contributed by atoms with van der Waals surface area (Å²) in [6.45, 7) is -0.0573. The Morgan fingerprint density at radius 1 is 1.50 bits per heavy atom. The molecule has 0 fully saturated rings. The molecule has 1 N–H and O–H groups in total. The minimum Gasteiger partial charge on any atom is -0.395 e. The number of hydrogen-bond donors (Lipinski definition) is 1. The predicted molar refractivity (Wildman–Crippen MR) is 63.0 cm³/mol. The molecule has 1 unspecified atom stereocenters. The van der Waals surface area contributed by atoms with Crippen LogP contribution >= 0.6 is 27.5 Å². The lowest BCUT2D eigenvalue weighted by Gasteiger charge is -2.04. The third kappa shape index (κ3) is 3.69. The van der Waals surface area contributed by atoms with Crippen LogP contribution in [-0.4, -0.2) is 21.7 Å². The summed E-state index contributed by atoms with van der Waals surface area (Å²) >= 11 is 9.24. The summed E-state index contributed by atoms with van der Waals surface area (Å²) in [5.41, 5.74) is 0.841. The highest BCUT2D eigenvalue weighted by Crippen LogP contribution is 2.22. The molecule has 0 heterocycles. The molecule has 0 radical (unpaired) electrons. The maximum absolute atomic E-state index is 11.4. The Bertz CT molecular complexity index is 344. The zero-order valence-corrected chi connectivity index (χ0v) is 10.5. The van der Waals surface area contributed by atoms with Gasteiger partial charge >= 0.3 is 0 Å². The lowest BCUT2D eigenvalue weighted by Crippen LogP contribution is -2.04. The van der Waals surface area contributed by atoms with E-state index in [-0.39, 0.29) is 6.61 Å². The van der Waals surface area contributed by atoms with E-state index in [1.807, 2.05) is 12.1 Å². The molecule has 2 nitrogen and oxygen atoms in total. The molecule has 0 aliphatic carbocycles. The van der Waals surface area contributed by atoms with E-state index in [9.17, 15) is 4.21 Å². The van der Waals surface area contributed by atoms with Gasteiger partial charge in [-0.05, 0) is 23.8 Å². The van der Waals surface area contributed by atoms with E-state index in [4.69, 9.17) is 16.7 Å². The molecule has 78 valence electrons. The standard InChI is InChI=1S/C9H10BrClO2S/c10-8-1-2-9(11)7(5-8)6-14(13)4-3-12/h1-2,5,12H,3-4,6H2. The second-order valence-corrected chi connectivity index (χ2v) is 5.65. The first kappa shape index (κ1) is 12.2. The van der Waals surface area contributed by atoms with E-state index in [0.717, 1.165) is 10.0 Å². The molecule has 0 aromatic heterocycles. The van der Waals surface area contributed by atoms with Gasteiger partial charge < -0.3 is 5.11 Å². The molecule has 1 atom stereocenters. The van der Waals surface area contributed by atoms with Crippen LogP contribution in [0.15, 0.2) is 22.7 Å². The lowest BCUT2D eigenvalue weighted by atomic mass is 10.2. The second kappa shape index (κ2) is 5.85. The van der Waals surface area contributed by atoms with Crippen LogP contribution in [0.4, 0.5) is 0 Å². The highest BCUT2D eigenvalue weighted by atomic mass is 79.9. The summed E-state index contributed by atoms with van der Waals surface area (Å²) < 4.78 is 12.3. The highest BCUT2D eigenvalue weighted by molar-refractivity contribution is 9.10. The first-order valence-corrected chi connectivity index (χ1v) is 6.69. The van der Waals surface area contributed by atoms with Gasteiger partial charge in [0, 0.05) is 26.0 Å². The summed E-state index contributed by atoms with van der Waals surface area (Å²) in [6, 6.07) is 5.44. The number of aliphatic hydroxyl groups excluding tert-OH is 1. The molecule has 5 heteroatoms. The van der Waals surface area contributed by atoms with Gasteiger partial charge in [0.25, 0.3) is 0 Å². The molecular weight excluding hydrogens is 288 g/mol. The summed E-state index contributed by atoms with van der Waals surface area (Å²) in [4.78, 5) is 0. The Balaban J connectivity index is 2.75. The Kier molecular flexibility index (Phi) is 5.09. The van der Waals surface area contributed by atoms with E-state index in [2.05, 4.69) is 15.9 Å². The average molecular weight is 298 g/mol. The van der Waals surface area contributed by atoms with Gasteiger partial charge in [0.1, 0.15) is 0 Å². The fourth-order valence-corrected chi connectivity index (χ4v) is 2.61. The van der Waals surface area contributed by atoms with Gasteiger partial charge in [-0.25, -0.2) is 0 Å². The zero-order valence-electron chi connectivity index (χ0n) is 7.37. The van der Waals surface area contributed by atoms with Crippen LogP contribution in [0.25, 0.3) is 0 Å². The Morgan fingerprint density at radius 3 is 2.86 bits per heavy atom. The van der Waals surface area contributed by atoms with Crippen molar-refractivity contribution >= 4 is 38.3 Å². The van der Waals surface area contributed by atoms with Crippen LogP contribution in [0.3, 0.4) is 0 Å². The first-order valence-electron chi connectivity index (χ1n) is 4.03. The number of rotatable bonds is 4. The molecular formula is C9H10BrClO2S. The second-order valence-electron chi connectivity index (χ2n) is 2.75. The molecule has 1 aromatic rings. The number of benzene rings is 1. The monoisotopic (exact) mass is 296 g/mol. The molecule has 14 heavy (non-hydrogen) atoms. The highest BCUT2D eigenvalue weighted by Gasteiger charge is 2.05. The third-order valence-electron chi connectivity index (χ3n) is 1.64. The molecule has 0 saturated carbocycles. The van der Waals surface area contributed by atoms with Crippen LogP contribution in [-0.2, 0) is 16.6 Å². The van der Waals surface area contributed by atoms with Gasteiger partial charge in [0.05, 0.1) is 12.4 Å². The summed E-state index contributed by atoms with van der Waals surface area (Å²) in [7, 11) is -1.04. The molecule has 0 aliphatic rings. The molecule has 0 bridgehead atoms. The van der Waals surface area contributed by atoms with E-state index >= 15 is 0 Å². The number of hydrogen-bond acceptors (Lipinski definition) is 2. The van der Waals surface area contributed by atoms with Crippen molar-refractivity contribution in [3.8, 4) is 0 Å². The van der Waals surface area contributed by atoms with E-state index in [0.29, 0.717) is 16.5 Å². The smallest absolute Gasteiger partial charge is 0.0546 e. The maximum Gasteiger partial charge on any atom is 0.0546 e. The largest absolute Gasteiger partial charge is 0.395 e. The van der Waals surface area contributed by atoms with Gasteiger partial charge in [-0.1, -0.05) is 27.5 Å². The lowest BCUT2D eigenvalue weighted by molar-refractivity contribution is 0.321. The van der Waals surface area contributed by atoms with Gasteiger partial charge in [-0.15, -0.1) is 0 Å². The van der Waals surface area contributed by atoms with Gasteiger partial charge in [0.2, 0.25) is 0 Å². The van der Waals surface area contributed by atoms with E-state index < -0.39 is 10.8 Å². The van der Waals surface area contributed by atoms with Crippen LogP contribution in [0.1, 0.15) is 5.56 Å². The van der Waals surface area contributed by atoms with Crippen LogP contribution in [0, 0.1) is 0 Å². The quantitative estimate of drug-likeness (QED) is 0.926. The molecule has 1 aromatic carbocycles. The van der Waals surface area contributed by atoms with Gasteiger partial charge in [0.15, 0.2) is 0 Å². The molecule has 0 amide bonds. The fraction of sp³-hybridized carbons (Fsp3) is 0.333. The van der Waals surface area contributed by atoms with Crippen LogP contribution < -0.4 is 0 Å². The third-order valence-corrected chi connectivity index (χ3v) is 3.78. The SMILES string of the molecule is O=S(CCO)Cc1cc(Br)ccc1Cl. The van der Waals surface area contributed by atoms with E-state index in [1.165, 1.54) is 0 Å². The Morgan fingerprint density at radius 2 is 2.21 bits per heavy atom. The van der Waals surface area contributed by atoms with Crippen molar-refractivity contribution in [1.29, 1.82) is 0 Å². The first-order chi connectivity index (χ1) is 6.63. The molecule has 0 spiro atoms. The van der Waals surface area contributed by atoms with Crippen molar-refractivity contribution in [2.45, 2.75) is 5.75 Å². The normalized spacial score (nSPS) is 12.8. The molecule has 0 saturated heterocycles. The average Bonchev–Trinajstić information content (AvgIpc) is 2.12. The molecule has 0 aliphatic heterocycles. The fourth-order valence-electron chi connectivity index (χ4n) is 1.00. The molecule has 1 rings (SSSR count). The Hall–Kier alpha value is 0.1000. The minimum atomic E-state index is -1.04. The minimum absolute atomic E-state index is 0.0573. The zero-order chi connectivity index (χ0) is 10.6. The van der Waals surface area contributed by atoms with E-state index in [1.54, 1.807) is 6.07 Å². The van der Waals surface area contributed by atoms with Crippen molar-refractivity contribution in [1.82, 2.24) is 0 Å². The topological polar surface area (TPSA) is 37.3 Å². The van der Waals surface area contributed by atoms with Crippen molar-refractivity contribution < 1.29 is 9.32 Å². The summed E-state index contributed by atoms with van der Waals surface area (Å²) in [5, 5.41) is 9.21. The Labute approximate surface area is 98.9 Å². The van der Waals surface area contributed by atoms with Crippen molar-refractivity contribution in [3.63, 3.8) is 0 Å². The summed E-state index contributed by atoms with van der Waals surface area (Å²) in [6.07, 6.45) is 0. The van der Waals surface area contributed by atoms with Crippen molar-refractivity contribution in [3.05, 3.63) is 33.3 Å². The predicted octanol–water partition coefficient (Wildman–Crippen LogP) is 2.34. The van der Waals surface area contributed by atoms with Crippen molar-refractivity contribution in [2.24, 2.45) is 0 Å². The summed E-state index contributed by atoms with van der Waals surface area (Å²) in [5.74, 6) is 0.682. The number of halogens is 2. The van der Waals surface area contributed by atoms with Gasteiger partial charge in [-0.2, -0.15) is 0 Å².